The van der Waals surface area contributed by atoms with Gasteiger partial charge in [0.2, 0.25) is 5.91 Å². The van der Waals surface area contributed by atoms with Crippen LogP contribution in [0, 0.1) is 5.92 Å². The number of piperidine rings is 1. The third kappa shape index (κ3) is 3.58. The third-order valence-corrected chi connectivity index (χ3v) is 4.81. The number of carbonyl (C=O) groups excluding carboxylic acids is 1. The van der Waals surface area contributed by atoms with E-state index in [1.54, 1.807) is 0 Å². The zero-order valence-corrected chi connectivity index (χ0v) is 13.3. The predicted octanol–water partition coefficient (Wildman–Crippen LogP) is 2.99. The number of hydrogen-bond acceptors (Lipinski definition) is 2. The number of halogens is 1. The average Bonchev–Trinajstić information content (AvgIpc) is 2.99. The molecule has 21 heavy (non-hydrogen) atoms. The summed E-state index contributed by atoms with van der Waals surface area (Å²) in [5.41, 5.74) is 1.16. The molecule has 1 aliphatic carbocycles. The molecule has 1 heterocycles. The Kier molecular flexibility index (Phi) is 5.65. The number of amides is 1. The van der Waals surface area contributed by atoms with E-state index in [2.05, 4.69) is 34.9 Å². The molecule has 1 saturated heterocycles. The monoisotopic (exact) mass is 308 g/mol. The smallest absolute Gasteiger partial charge is 0.225 e. The molecule has 1 unspecified atom stereocenters. The van der Waals surface area contributed by atoms with Gasteiger partial charge >= 0.3 is 0 Å². The maximum Gasteiger partial charge on any atom is 0.225 e. The first-order valence-corrected chi connectivity index (χ1v) is 7.88. The highest BCUT2D eigenvalue weighted by Crippen LogP contribution is 2.39. The second-order valence-corrected chi connectivity index (χ2v) is 6.19. The fourth-order valence-corrected chi connectivity index (χ4v) is 3.64. The average molecular weight is 309 g/mol. The van der Waals surface area contributed by atoms with E-state index in [0.29, 0.717) is 0 Å². The molecule has 2 fully saturated rings. The molecule has 2 aliphatic rings. The largest absolute Gasteiger partial charge is 0.346 e. The van der Waals surface area contributed by atoms with Gasteiger partial charge in [-0.3, -0.25) is 4.79 Å². The van der Waals surface area contributed by atoms with Crippen LogP contribution >= 0.6 is 12.4 Å². The van der Waals surface area contributed by atoms with Crippen LogP contribution in [0.15, 0.2) is 30.3 Å². The summed E-state index contributed by atoms with van der Waals surface area (Å²) < 4.78 is 0. The van der Waals surface area contributed by atoms with Gasteiger partial charge in [-0.05, 0) is 37.8 Å². The van der Waals surface area contributed by atoms with Crippen LogP contribution in [0.4, 0.5) is 0 Å². The first-order chi connectivity index (χ1) is 9.80. The Morgan fingerprint density at radius 3 is 2.48 bits per heavy atom. The molecule has 1 amide bonds. The summed E-state index contributed by atoms with van der Waals surface area (Å²) in [7, 11) is 0. The lowest BCUT2D eigenvalue weighted by Gasteiger charge is -2.34. The van der Waals surface area contributed by atoms with E-state index in [4.69, 9.17) is 0 Å². The molecular formula is C17H25ClN2O. The maximum absolute atomic E-state index is 12.6. The summed E-state index contributed by atoms with van der Waals surface area (Å²) in [5.74, 6) is 0.382. The van der Waals surface area contributed by atoms with Gasteiger partial charge in [-0.15, -0.1) is 12.4 Å². The zero-order valence-electron chi connectivity index (χ0n) is 12.4. The standard InChI is InChI=1S/C17H24N2O.ClH/c20-16(14-7-6-12-18-13-14)19-17(10-4-5-11-17)15-8-2-1-3-9-15;/h1-3,8-9,14,18H,4-7,10-13H2,(H,19,20);1H. The fraction of sp³-hybridized carbons (Fsp3) is 0.588. The quantitative estimate of drug-likeness (QED) is 0.901. The molecule has 1 aromatic carbocycles. The Bertz CT molecular complexity index is 451. The molecule has 116 valence electrons. The molecule has 0 radical (unpaired) electrons. The van der Waals surface area contributed by atoms with Gasteiger partial charge in [-0.2, -0.15) is 0 Å². The summed E-state index contributed by atoms with van der Waals surface area (Å²) in [6, 6.07) is 10.5. The van der Waals surface area contributed by atoms with Crippen molar-refractivity contribution in [2.45, 2.75) is 44.1 Å². The Morgan fingerprint density at radius 1 is 1.14 bits per heavy atom. The summed E-state index contributed by atoms with van der Waals surface area (Å²) in [6.45, 7) is 1.88. The Morgan fingerprint density at radius 2 is 1.86 bits per heavy atom. The minimum absolute atomic E-state index is 0. The SMILES string of the molecule is Cl.O=C(NC1(c2ccccc2)CCCC1)C1CCCNC1. The van der Waals surface area contributed by atoms with Crippen molar-refractivity contribution in [3.8, 4) is 0 Å². The predicted molar refractivity (Wildman–Crippen MR) is 87.6 cm³/mol. The van der Waals surface area contributed by atoms with Crippen molar-refractivity contribution < 1.29 is 4.79 Å². The first-order valence-electron chi connectivity index (χ1n) is 7.88. The van der Waals surface area contributed by atoms with Gasteiger partial charge in [0.15, 0.2) is 0 Å². The van der Waals surface area contributed by atoms with Crippen molar-refractivity contribution in [1.29, 1.82) is 0 Å². The molecule has 1 aliphatic heterocycles. The first kappa shape index (κ1) is 16.3. The topological polar surface area (TPSA) is 41.1 Å². The lowest BCUT2D eigenvalue weighted by Crippen LogP contribution is -2.49. The summed E-state index contributed by atoms with van der Waals surface area (Å²) >= 11 is 0. The van der Waals surface area contributed by atoms with Crippen molar-refractivity contribution >= 4 is 18.3 Å². The van der Waals surface area contributed by atoms with E-state index in [0.717, 1.165) is 38.8 Å². The molecule has 0 spiro atoms. The van der Waals surface area contributed by atoms with Crippen LogP contribution in [0.5, 0.6) is 0 Å². The maximum atomic E-state index is 12.6. The Hall–Kier alpha value is -1.06. The minimum atomic E-state index is -0.115. The van der Waals surface area contributed by atoms with Crippen molar-refractivity contribution in [3.05, 3.63) is 35.9 Å². The number of benzene rings is 1. The van der Waals surface area contributed by atoms with E-state index in [1.807, 2.05) is 6.07 Å². The lowest BCUT2D eigenvalue weighted by atomic mass is 9.87. The Labute approximate surface area is 133 Å². The highest BCUT2D eigenvalue weighted by atomic mass is 35.5. The molecule has 2 N–H and O–H groups in total. The van der Waals surface area contributed by atoms with Crippen LogP contribution in [-0.2, 0) is 10.3 Å². The normalized spacial score (nSPS) is 24.1. The molecule has 3 rings (SSSR count). The van der Waals surface area contributed by atoms with Gasteiger partial charge in [0.25, 0.3) is 0 Å². The second-order valence-electron chi connectivity index (χ2n) is 6.19. The number of rotatable bonds is 3. The van der Waals surface area contributed by atoms with E-state index in [9.17, 15) is 4.79 Å². The van der Waals surface area contributed by atoms with Crippen LogP contribution in [0.3, 0.4) is 0 Å². The van der Waals surface area contributed by atoms with Crippen molar-refractivity contribution in [1.82, 2.24) is 10.6 Å². The molecule has 0 aromatic heterocycles. The van der Waals surface area contributed by atoms with Gasteiger partial charge in [-0.1, -0.05) is 43.2 Å². The number of nitrogens with one attached hydrogen (secondary N) is 2. The van der Waals surface area contributed by atoms with Crippen molar-refractivity contribution in [2.24, 2.45) is 5.92 Å². The second kappa shape index (κ2) is 7.28. The molecule has 1 atom stereocenters. The molecule has 1 saturated carbocycles. The van der Waals surface area contributed by atoms with E-state index in [1.165, 1.54) is 18.4 Å². The fourth-order valence-electron chi connectivity index (χ4n) is 3.64. The summed E-state index contributed by atoms with van der Waals surface area (Å²) in [6.07, 6.45) is 6.68. The summed E-state index contributed by atoms with van der Waals surface area (Å²) in [4.78, 5) is 12.6. The molecular weight excluding hydrogens is 284 g/mol. The van der Waals surface area contributed by atoms with E-state index in [-0.39, 0.29) is 29.8 Å². The number of carbonyl (C=O) groups is 1. The lowest BCUT2D eigenvalue weighted by molar-refractivity contribution is -0.127. The molecule has 4 heteroatoms. The van der Waals surface area contributed by atoms with E-state index >= 15 is 0 Å². The van der Waals surface area contributed by atoms with Crippen LogP contribution in [0.1, 0.15) is 44.1 Å². The molecule has 3 nitrogen and oxygen atoms in total. The van der Waals surface area contributed by atoms with Crippen LogP contribution < -0.4 is 10.6 Å². The van der Waals surface area contributed by atoms with Gasteiger partial charge < -0.3 is 10.6 Å². The van der Waals surface area contributed by atoms with Crippen LogP contribution in [0.25, 0.3) is 0 Å². The molecule has 1 aromatic rings. The van der Waals surface area contributed by atoms with Gasteiger partial charge in [0.1, 0.15) is 0 Å². The van der Waals surface area contributed by atoms with Crippen LogP contribution in [0.2, 0.25) is 0 Å². The molecule has 0 bridgehead atoms. The van der Waals surface area contributed by atoms with Crippen molar-refractivity contribution in [3.63, 3.8) is 0 Å². The third-order valence-electron chi connectivity index (χ3n) is 4.81. The van der Waals surface area contributed by atoms with Gasteiger partial charge in [-0.25, -0.2) is 0 Å². The van der Waals surface area contributed by atoms with Crippen LogP contribution in [-0.4, -0.2) is 19.0 Å². The van der Waals surface area contributed by atoms with E-state index < -0.39 is 0 Å². The van der Waals surface area contributed by atoms with Gasteiger partial charge in [0, 0.05) is 6.54 Å². The van der Waals surface area contributed by atoms with Crippen molar-refractivity contribution in [2.75, 3.05) is 13.1 Å². The summed E-state index contributed by atoms with van der Waals surface area (Å²) in [5, 5.41) is 6.73. The Balaban J connectivity index is 0.00000161. The zero-order chi connectivity index (χ0) is 13.8. The number of hydrogen-bond donors (Lipinski definition) is 2. The highest BCUT2D eigenvalue weighted by Gasteiger charge is 2.38. The van der Waals surface area contributed by atoms with Gasteiger partial charge in [0.05, 0.1) is 11.5 Å². The minimum Gasteiger partial charge on any atom is -0.346 e. The highest BCUT2D eigenvalue weighted by molar-refractivity contribution is 5.85.